The minimum absolute atomic E-state index is 0.0959. The monoisotopic (exact) mass is 406 g/mol. The molecule has 4 aliphatic rings. The SMILES string of the molecule is COC(=O)CCC(C)[C@H]1CC[C@H]2[C@H]3C(O)C[C@@H]4C[C@H](O)CCC4(C)C3CCC12C. The van der Waals surface area contributed by atoms with Crippen LogP contribution in [-0.4, -0.2) is 35.5 Å². The van der Waals surface area contributed by atoms with E-state index in [1.807, 2.05) is 0 Å². The number of hydrogen-bond donors (Lipinski definition) is 2. The van der Waals surface area contributed by atoms with E-state index >= 15 is 0 Å². The number of rotatable bonds is 4. The molecule has 0 bridgehead atoms. The number of carbonyl (C=O) groups excluding carboxylic acids is 1. The minimum atomic E-state index is -0.211. The van der Waals surface area contributed by atoms with Crippen LogP contribution in [0.2, 0.25) is 0 Å². The zero-order valence-electron chi connectivity index (χ0n) is 18.9. The minimum Gasteiger partial charge on any atom is -0.469 e. The van der Waals surface area contributed by atoms with Crippen LogP contribution in [0.4, 0.5) is 0 Å². The van der Waals surface area contributed by atoms with Crippen molar-refractivity contribution < 1.29 is 19.7 Å². The lowest BCUT2D eigenvalue weighted by Gasteiger charge is -2.62. The van der Waals surface area contributed by atoms with E-state index in [1.165, 1.54) is 32.8 Å². The maximum absolute atomic E-state index is 11.6. The Labute approximate surface area is 176 Å². The second-order valence-corrected chi connectivity index (χ2v) is 11.5. The standard InChI is InChI=1S/C25H42O4/c1-15(5-8-22(28)29-4)18-6-7-19-23-20(10-12-25(18,19)3)24(2)11-9-17(26)13-16(24)14-21(23)27/h15-21,23,26-27H,5-14H2,1-4H3/t15?,16-,17+,18+,19-,20?,21?,23+,24?,25?/m0/s1. The number of ether oxygens (including phenoxy) is 1. The highest BCUT2D eigenvalue weighted by molar-refractivity contribution is 5.69. The molecule has 4 saturated carbocycles. The number of esters is 1. The summed E-state index contributed by atoms with van der Waals surface area (Å²) in [4.78, 5) is 11.6. The molecule has 5 unspecified atom stereocenters. The highest BCUT2D eigenvalue weighted by Crippen LogP contribution is 2.68. The lowest BCUT2D eigenvalue weighted by atomic mass is 9.43. The van der Waals surface area contributed by atoms with Gasteiger partial charge in [0.1, 0.15) is 0 Å². The lowest BCUT2D eigenvalue weighted by molar-refractivity contribution is -0.174. The summed E-state index contributed by atoms with van der Waals surface area (Å²) in [5.41, 5.74) is 0.577. The molecule has 166 valence electrons. The number of aliphatic hydroxyl groups excluding tert-OH is 2. The topological polar surface area (TPSA) is 66.8 Å². The molecule has 2 N–H and O–H groups in total. The fourth-order valence-electron chi connectivity index (χ4n) is 8.82. The van der Waals surface area contributed by atoms with E-state index in [1.54, 1.807) is 0 Å². The van der Waals surface area contributed by atoms with E-state index in [-0.39, 0.29) is 23.6 Å². The zero-order valence-corrected chi connectivity index (χ0v) is 18.9. The van der Waals surface area contributed by atoms with Crippen molar-refractivity contribution in [2.24, 2.45) is 46.3 Å². The van der Waals surface area contributed by atoms with Gasteiger partial charge in [-0.3, -0.25) is 4.79 Å². The van der Waals surface area contributed by atoms with Gasteiger partial charge < -0.3 is 14.9 Å². The van der Waals surface area contributed by atoms with Crippen LogP contribution >= 0.6 is 0 Å². The van der Waals surface area contributed by atoms with Gasteiger partial charge in [0.15, 0.2) is 0 Å². The van der Waals surface area contributed by atoms with E-state index in [2.05, 4.69) is 20.8 Å². The van der Waals surface area contributed by atoms with Gasteiger partial charge in [0.25, 0.3) is 0 Å². The normalized spacial score (nSPS) is 50.2. The van der Waals surface area contributed by atoms with E-state index in [4.69, 9.17) is 4.74 Å². The van der Waals surface area contributed by atoms with Crippen LogP contribution < -0.4 is 0 Å². The lowest BCUT2D eigenvalue weighted by Crippen LogP contribution is -2.58. The average Bonchev–Trinajstić information content (AvgIpc) is 3.04. The Kier molecular flexibility index (Phi) is 5.83. The van der Waals surface area contributed by atoms with Crippen LogP contribution in [0.5, 0.6) is 0 Å². The maximum Gasteiger partial charge on any atom is 0.305 e. The van der Waals surface area contributed by atoms with Crippen LogP contribution in [0.25, 0.3) is 0 Å². The average molecular weight is 407 g/mol. The van der Waals surface area contributed by atoms with Crippen LogP contribution in [0.1, 0.15) is 85.0 Å². The van der Waals surface area contributed by atoms with E-state index < -0.39 is 0 Å². The molecule has 4 fully saturated rings. The number of fused-ring (bicyclic) bond motifs is 5. The second-order valence-electron chi connectivity index (χ2n) is 11.5. The third-order valence-corrected chi connectivity index (χ3v) is 10.4. The third kappa shape index (κ3) is 3.46. The van der Waals surface area contributed by atoms with Crippen molar-refractivity contribution in [1.82, 2.24) is 0 Å². The van der Waals surface area contributed by atoms with Crippen molar-refractivity contribution in [2.45, 2.75) is 97.2 Å². The predicted octanol–water partition coefficient (Wildman–Crippen LogP) is 4.57. The van der Waals surface area contributed by atoms with Crippen molar-refractivity contribution in [3.05, 3.63) is 0 Å². The first kappa shape index (κ1) is 21.6. The van der Waals surface area contributed by atoms with Crippen LogP contribution in [-0.2, 0) is 9.53 Å². The molecule has 0 amide bonds. The smallest absolute Gasteiger partial charge is 0.305 e. The Morgan fingerprint density at radius 2 is 1.72 bits per heavy atom. The molecule has 4 rings (SSSR count). The summed E-state index contributed by atoms with van der Waals surface area (Å²) < 4.78 is 4.86. The van der Waals surface area contributed by atoms with Gasteiger partial charge in [-0.25, -0.2) is 0 Å². The van der Waals surface area contributed by atoms with Gasteiger partial charge in [-0.2, -0.15) is 0 Å². The van der Waals surface area contributed by atoms with Gasteiger partial charge in [0.05, 0.1) is 19.3 Å². The van der Waals surface area contributed by atoms with Gasteiger partial charge in [0.2, 0.25) is 0 Å². The van der Waals surface area contributed by atoms with E-state index in [0.717, 1.165) is 32.1 Å². The van der Waals surface area contributed by atoms with E-state index in [9.17, 15) is 15.0 Å². The van der Waals surface area contributed by atoms with Gasteiger partial charge >= 0.3 is 5.97 Å². The van der Waals surface area contributed by atoms with E-state index in [0.29, 0.717) is 47.3 Å². The largest absolute Gasteiger partial charge is 0.469 e. The van der Waals surface area contributed by atoms with Crippen molar-refractivity contribution in [2.75, 3.05) is 7.11 Å². The summed E-state index contributed by atoms with van der Waals surface area (Å²) in [5.74, 6) is 3.17. The molecular formula is C25H42O4. The molecule has 0 spiro atoms. The quantitative estimate of drug-likeness (QED) is 0.671. The molecule has 4 aliphatic carbocycles. The Morgan fingerprint density at radius 1 is 1.03 bits per heavy atom. The first-order chi connectivity index (χ1) is 13.7. The number of methoxy groups -OCH3 is 1. The van der Waals surface area contributed by atoms with Crippen LogP contribution in [0, 0.1) is 46.3 Å². The van der Waals surface area contributed by atoms with Crippen LogP contribution in [0.3, 0.4) is 0 Å². The first-order valence-corrected chi connectivity index (χ1v) is 12.1. The zero-order chi connectivity index (χ0) is 21.0. The number of hydrogen-bond acceptors (Lipinski definition) is 4. The van der Waals surface area contributed by atoms with Gasteiger partial charge in [-0.15, -0.1) is 0 Å². The molecule has 29 heavy (non-hydrogen) atoms. The van der Waals surface area contributed by atoms with Crippen molar-refractivity contribution in [3.8, 4) is 0 Å². The summed E-state index contributed by atoms with van der Waals surface area (Å²) in [6, 6.07) is 0. The second kappa shape index (κ2) is 7.82. The van der Waals surface area contributed by atoms with Gasteiger partial charge in [-0.05, 0) is 104 Å². The number of carbonyl (C=O) groups is 1. The van der Waals surface area contributed by atoms with Gasteiger partial charge in [0, 0.05) is 6.42 Å². The van der Waals surface area contributed by atoms with Crippen molar-refractivity contribution >= 4 is 5.97 Å². The summed E-state index contributed by atoms with van der Waals surface area (Å²) in [5, 5.41) is 21.5. The summed E-state index contributed by atoms with van der Waals surface area (Å²) in [7, 11) is 1.48. The molecule has 0 saturated heterocycles. The molecule has 0 aromatic rings. The maximum atomic E-state index is 11.6. The number of aliphatic hydroxyl groups is 2. The molecule has 0 aliphatic heterocycles. The summed E-state index contributed by atoms with van der Waals surface area (Å²) in [6.07, 6.45) is 9.80. The van der Waals surface area contributed by atoms with Crippen molar-refractivity contribution in [1.29, 1.82) is 0 Å². The summed E-state index contributed by atoms with van der Waals surface area (Å²) in [6.45, 7) is 7.29. The molecule has 10 atom stereocenters. The first-order valence-electron chi connectivity index (χ1n) is 12.1. The Morgan fingerprint density at radius 3 is 2.45 bits per heavy atom. The molecule has 0 heterocycles. The molecule has 0 radical (unpaired) electrons. The molecule has 0 aromatic carbocycles. The Hall–Kier alpha value is -0.610. The molecule has 4 nitrogen and oxygen atoms in total. The van der Waals surface area contributed by atoms with Crippen LogP contribution in [0.15, 0.2) is 0 Å². The Balaban J connectivity index is 1.53. The molecule has 0 aromatic heterocycles. The summed E-state index contributed by atoms with van der Waals surface area (Å²) >= 11 is 0. The highest BCUT2D eigenvalue weighted by Gasteiger charge is 2.62. The Bertz CT molecular complexity index is 620. The predicted molar refractivity (Wildman–Crippen MR) is 113 cm³/mol. The fraction of sp³-hybridized carbons (Fsp3) is 0.960. The highest BCUT2D eigenvalue weighted by atomic mass is 16.5. The fourth-order valence-corrected chi connectivity index (χ4v) is 8.82. The van der Waals surface area contributed by atoms with Crippen molar-refractivity contribution in [3.63, 3.8) is 0 Å². The van der Waals surface area contributed by atoms with Gasteiger partial charge in [-0.1, -0.05) is 20.8 Å². The third-order valence-electron chi connectivity index (χ3n) is 10.4. The molecular weight excluding hydrogens is 364 g/mol. The molecule has 4 heteroatoms.